The van der Waals surface area contributed by atoms with E-state index in [-0.39, 0.29) is 18.9 Å². The molecule has 0 saturated carbocycles. The lowest BCUT2D eigenvalue weighted by Gasteiger charge is -2.08. The van der Waals surface area contributed by atoms with E-state index < -0.39 is 5.97 Å². The first-order chi connectivity index (χ1) is 13.2. The summed E-state index contributed by atoms with van der Waals surface area (Å²) < 4.78 is 10.4. The number of aromatic amines is 1. The van der Waals surface area contributed by atoms with Crippen LogP contribution in [0.2, 0.25) is 0 Å². The maximum atomic E-state index is 11.9. The number of amides is 1. The van der Waals surface area contributed by atoms with E-state index in [1.54, 1.807) is 24.3 Å². The minimum Gasteiger partial charge on any atom is -0.494 e. The van der Waals surface area contributed by atoms with Crippen molar-refractivity contribution in [3.8, 4) is 5.75 Å². The third-order valence-corrected chi connectivity index (χ3v) is 4.09. The predicted molar refractivity (Wildman–Crippen MR) is 104 cm³/mol. The molecule has 6 heteroatoms. The van der Waals surface area contributed by atoms with Crippen molar-refractivity contribution < 1.29 is 19.1 Å². The Kier molecular flexibility index (Phi) is 6.10. The summed E-state index contributed by atoms with van der Waals surface area (Å²) >= 11 is 0. The van der Waals surface area contributed by atoms with E-state index in [0.29, 0.717) is 18.7 Å². The molecule has 2 aromatic carbocycles. The van der Waals surface area contributed by atoms with E-state index in [4.69, 9.17) is 9.47 Å². The molecule has 2 N–H and O–H groups in total. The van der Waals surface area contributed by atoms with Crippen LogP contribution < -0.4 is 10.1 Å². The van der Waals surface area contributed by atoms with Crippen molar-refractivity contribution in [2.45, 2.75) is 19.8 Å². The summed E-state index contributed by atoms with van der Waals surface area (Å²) in [7, 11) is 0. The fourth-order valence-corrected chi connectivity index (χ4v) is 2.79. The highest BCUT2D eigenvalue weighted by molar-refractivity contribution is 5.92. The lowest BCUT2D eigenvalue weighted by atomic mass is 10.1. The van der Waals surface area contributed by atoms with Gasteiger partial charge in [-0.3, -0.25) is 9.59 Å². The van der Waals surface area contributed by atoms with Gasteiger partial charge in [0.1, 0.15) is 5.75 Å². The average molecular weight is 366 g/mol. The highest BCUT2D eigenvalue weighted by Gasteiger charge is 2.10. The monoisotopic (exact) mass is 366 g/mol. The molecule has 0 spiro atoms. The molecule has 1 aromatic heterocycles. The van der Waals surface area contributed by atoms with Gasteiger partial charge in [0.15, 0.2) is 6.61 Å². The van der Waals surface area contributed by atoms with E-state index in [2.05, 4.69) is 10.3 Å². The van der Waals surface area contributed by atoms with Crippen molar-refractivity contribution in [2.24, 2.45) is 0 Å². The number of aryl methyl sites for hydroxylation is 1. The summed E-state index contributed by atoms with van der Waals surface area (Å²) in [5.74, 6) is -0.0408. The van der Waals surface area contributed by atoms with Crippen molar-refractivity contribution >= 4 is 28.5 Å². The third-order valence-electron chi connectivity index (χ3n) is 4.09. The lowest BCUT2D eigenvalue weighted by Crippen LogP contribution is -2.21. The summed E-state index contributed by atoms with van der Waals surface area (Å²) in [6.45, 7) is 2.18. The topological polar surface area (TPSA) is 80.4 Å². The number of rotatable bonds is 8. The van der Waals surface area contributed by atoms with Crippen LogP contribution in [0.5, 0.6) is 5.75 Å². The molecule has 27 heavy (non-hydrogen) atoms. The summed E-state index contributed by atoms with van der Waals surface area (Å²) in [5.41, 5.74) is 2.72. The van der Waals surface area contributed by atoms with Gasteiger partial charge >= 0.3 is 5.97 Å². The second-order valence-corrected chi connectivity index (χ2v) is 6.03. The Labute approximate surface area is 157 Å². The molecule has 6 nitrogen and oxygen atoms in total. The Morgan fingerprint density at radius 1 is 1.07 bits per heavy atom. The summed E-state index contributed by atoms with van der Waals surface area (Å²) in [6, 6.07) is 14.9. The number of ether oxygens (including phenoxy) is 2. The van der Waals surface area contributed by atoms with E-state index in [0.717, 1.165) is 22.2 Å². The molecule has 0 fully saturated rings. The van der Waals surface area contributed by atoms with Gasteiger partial charge in [0.05, 0.1) is 6.61 Å². The van der Waals surface area contributed by atoms with Crippen LogP contribution in [0.15, 0.2) is 54.7 Å². The number of hydrogen-bond acceptors (Lipinski definition) is 4. The zero-order chi connectivity index (χ0) is 19.1. The van der Waals surface area contributed by atoms with Gasteiger partial charge in [0, 0.05) is 29.2 Å². The van der Waals surface area contributed by atoms with Crippen LogP contribution in [0, 0.1) is 0 Å². The number of hydrogen-bond donors (Lipinski definition) is 2. The van der Waals surface area contributed by atoms with Crippen molar-refractivity contribution in [1.29, 1.82) is 0 Å². The largest absolute Gasteiger partial charge is 0.494 e. The van der Waals surface area contributed by atoms with Crippen LogP contribution in [0.1, 0.15) is 18.9 Å². The molecular formula is C21H22N2O4. The molecule has 0 unspecified atom stereocenters. The molecule has 0 aliphatic heterocycles. The first-order valence-electron chi connectivity index (χ1n) is 8.89. The zero-order valence-corrected chi connectivity index (χ0v) is 15.2. The number of anilines is 1. The molecule has 3 aromatic rings. The Balaban J connectivity index is 1.42. The molecular weight excluding hydrogens is 344 g/mol. The number of fused-ring (bicyclic) bond motifs is 1. The fraction of sp³-hybridized carbons (Fsp3) is 0.238. The number of aromatic nitrogens is 1. The molecule has 1 heterocycles. The molecule has 0 aliphatic carbocycles. The molecule has 0 radical (unpaired) electrons. The molecule has 1 amide bonds. The van der Waals surface area contributed by atoms with Crippen LogP contribution in [-0.4, -0.2) is 30.1 Å². The maximum absolute atomic E-state index is 11.9. The van der Waals surface area contributed by atoms with Gasteiger partial charge in [-0.25, -0.2) is 0 Å². The van der Waals surface area contributed by atoms with Crippen molar-refractivity contribution in [3.63, 3.8) is 0 Å². The highest BCUT2D eigenvalue weighted by Crippen LogP contribution is 2.19. The predicted octanol–water partition coefficient (Wildman–Crippen LogP) is 3.68. The minimum absolute atomic E-state index is 0.220. The van der Waals surface area contributed by atoms with Gasteiger partial charge in [0.25, 0.3) is 5.91 Å². The van der Waals surface area contributed by atoms with E-state index in [1.165, 1.54) is 0 Å². The second kappa shape index (κ2) is 8.89. The van der Waals surface area contributed by atoms with E-state index >= 15 is 0 Å². The summed E-state index contributed by atoms with van der Waals surface area (Å²) in [5, 5.41) is 3.78. The lowest BCUT2D eigenvalue weighted by molar-refractivity contribution is -0.147. The Morgan fingerprint density at radius 2 is 1.85 bits per heavy atom. The van der Waals surface area contributed by atoms with Gasteiger partial charge in [-0.2, -0.15) is 0 Å². The van der Waals surface area contributed by atoms with Crippen LogP contribution in [0.3, 0.4) is 0 Å². The van der Waals surface area contributed by atoms with Gasteiger partial charge in [-0.05, 0) is 49.2 Å². The van der Waals surface area contributed by atoms with E-state index in [9.17, 15) is 9.59 Å². The van der Waals surface area contributed by atoms with Crippen LogP contribution in [-0.2, 0) is 20.7 Å². The van der Waals surface area contributed by atoms with Gasteiger partial charge in [0.2, 0.25) is 0 Å². The van der Waals surface area contributed by atoms with Crippen LogP contribution in [0.25, 0.3) is 10.9 Å². The summed E-state index contributed by atoms with van der Waals surface area (Å²) in [6.07, 6.45) is 2.68. The molecule has 3 rings (SSSR count). The Bertz CT molecular complexity index is 915. The highest BCUT2D eigenvalue weighted by atomic mass is 16.5. The number of carbonyl (C=O) groups is 2. The number of carbonyl (C=O) groups excluding carboxylic acids is 2. The molecule has 0 atom stereocenters. The van der Waals surface area contributed by atoms with Crippen LogP contribution in [0.4, 0.5) is 5.69 Å². The number of nitrogens with one attached hydrogen (secondary N) is 2. The SMILES string of the molecule is CCOc1ccc(NC(=O)COC(=O)CCc2c[nH]c3ccccc23)cc1. The number of H-pyrrole nitrogens is 1. The zero-order valence-electron chi connectivity index (χ0n) is 15.2. The number of benzene rings is 2. The number of para-hydroxylation sites is 1. The maximum Gasteiger partial charge on any atom is 0.306 e. The quantitative estimate of drug-likeness (QED) is 0.596. The first kappa shape index (κ1) is 18.5. The smallest absolute Gasteiger partial charge is 0.306 e. The van der Waals surface area contributed by atoms with Gasteiger partial charge in [-0.1, -0.05) is 18.2 Å². The Hall–Kier alpha value is -3.28. The average Bonchev–Trinajstić information content (AvgIpc) is 3.10. The molecule has 0 aliphatic rings. The third kappa shape index (κ3) is 5.10. The first-order valence-corrected chi connectivity index (χ1v) is 8.89. The van der Waals surface area contributed by atoms with Gasteiger partial charge < -0.3 is 19.8 Å². The molecule has 0 saturated heterocycles. The standard InChI is InChI=1S/C21H22N2O4/c1-2-26-17-10-8-16(9-11-17)23-20(24)14-27-21(25)12-7-15-13-22-19-6-4-3-5-18(15)19/h3-6,8-11,13,22H,2,7,12,14H2,1H3,(H,23,24). The molecule has 140 valence electrons. The number of esters is 1. The second-order valence-electron chi connectivity index (χ2n) is 6.03. The normalized spacial score (nSPS) is 10.6. The van der Waals surface area contributed by atoms with Crippen molar-refractivity contribution in [3.05, 3.63) is 60.3 Å². The van der Waals surface area contributed by atoms with Crippen molar-refractivity contribution in [2.75, 3.05) is 18.5 Å². The minimum atomic E-state index is -0.401. The molecule has 0 bridgehead atoms. The summed E-state index contributed by atoms with van der Waals surface area (Å²) in [4.78, 5) is 27.0. The Morgan fingerprint density at radius 3 is 2.63 bits per heavy atom. The van der Waals surface area contributed by atoms with E-state index in [1.807, 2.05) is 37.4 Å². The van der Waals surface area contributed by atoms with Crippen molar-refractivity contribution in [1.82, 2.24) is 4.98 Å². The van der Waals surface area contributed by atoms with Crippen LogP contribution >= 0.6 is 0 Å². The van der Waals surface area contributed by atoms with Gasteiger partial charge in [-0.15, -0.1) is 0 Å². The fourth-order valence-electron chi connectivity index (χ4n) is 2.79.